The Labute approximate surface area is 184 Å². The van der Waals surface area contributed by atoms with E-state index in [4.69, 9.17) is 4.74 Å². The monoisotopic (exact) mass is 435 g/mol. The summed E-state index contributed by atoms with van der Waals surface area (Å²) in [6.07, 6.45) is -3.21. The molecular formula is C25H22FNO5. The maximum atomic E-state index is 13.6. The molecule has 3 N–H and O–H groups in total. The quantitative estimate of drug-likeness (QED) is 0.493. The molecule has 32 heavy (non-hydrogen) atoms. The van der Waals surface area contributed by atoms with Gasteiger partial charge in [-0.25, -0.2) is 9.18 Å². The third-order valence-corrected chi connectivity index (χ3v) is 5.58. The van der Waals surface area contributed by atoms with Crippen LogP contribution in [0.25, 0.3) is 11.1 Å². The van der Waals surface area contributed by atoms with E-state index in [-0.39, 0.29) is 30.2 Å². The lowest BCUT2D eigenvalue weighted by Crippen LogP contribution is -2.36. The van der Waals surface area contributed by atoms with Gasteiger partial charge in [-0.05, 0) is 46.0 Å². The Bertz CT molecular complexity index is 1100. The number of carbonyl (C=O) groups excluding carboxylic acids is 2. The van der Waals surface area contributed by atoms with Crippen LogP contribution < -0.4 is 5.32 Å². The highest BCUT2D eigenvalue weighted by atomic mass is 19.1. The minimum Gasteiger partial charge on any atom is -0.449 e. The highest BCUT2D eigenvalue weighted by Crippen LogP contribution is 2.44. The molecule has 6 nitrogen and oxygen atoms in total. The third kappa shape index (κ3) is 4.39. The zero-order valence-electron chi connectivity index (χ0n) is 17.1. The number of aliphatic hydroxyl groups is 2. The topological polar surface area (TPSA) is 95.9 Å². The molecule has 0 saturated heterocycles. The van der Waals surface area contributed by atoms with Gasteiger partial charge in [-0.3, -0.25) is 4.79 Å². The molecule has 0 fully saturated rings. The average Bonchev–Trinajstić information content (AvgIpc) is 3.14. The van der Waals surface area contributed by atoms with Crippen LogP contribution in [0.2, 0.25) is 0 Å². The first-order chi connectivity index (χ1) is 15.5. The fourth-order valence-corrected chi connectivity index (χ4v) is 4.05. The maximum Gasteiger partial charge on any atom is 0.407 e. The van der Waals surface area contributed by atoms with Crippen LogP contribution in [-0.2, 0) is 4.74 Å². The molecule has 0 saturated carbocycles. The Kier molecular flexibility index (Phi) is 6.30. The minimum absolute atomic E-state index is 0.0361. The van der Waals surface area contributed by atoms with Crippen LogP contribution in [0.1, 0.15) is 39.1 Å². The first kappa shape index (κ1) is 21.7. The van der Waals surface area contributed by atoms with Gasteiger partial charge in [0.2, 0.25) is 0 Å². The Morgan fingerprint density at radius 2 is 1.66 bits per heavy atom. The van der Waals surface area contributed by atoms with E-state index in [9.17, 15) is 24.2 Å². The summed E-state index contributed by atoms with van der Waals surface area (Å²) in [4.78, 5) is 23.1. The summed E-state index contributed by atoms with van der Waals surface area (Å²) >= 11 is 0. The number of carbonyl (C=O) groups is 2. The van der Waals surface area contributed by atoms with Crippen LogP contribution >= 0.6 is 0 Å². The van der Waals surface area contributed by atoms with Gasteiger partial charge in [0.15, 0.2) is 0 Å². The van der Waals surface area contributed by atoms with Gasteiger partial charge in [0, 0.05) is 18.0 Å². The summed E-state index contributed by atoms with van der Waals surface area (Å²) in [5, 5.41) is 22.8. The standard InChI is InChI=1S/C25H22FNO5/c26-17-10-15(13-28)9-16(11-17)24(30)23(29)12-27-25(31)32-14-22-20-7-3-1-5-18(20)19-6-2-4-8-21(19)22/h1-11,13,22-24,29-30H,12,14H2,(H,27,31). The second kappa shape index (κ2) is 9.30. The number of rotatable bonds is 7. The Morgan fingerprint density at radius 3 is 2.28 bits per heavy atom. The predicted molar refractivity (Wildman–Crippen MR) is 116 cm³/mol. The Balaban J connectivity index is 1.35. The highest BCUT2D eigenvalue weighted by Gasteiger charge is 2.29. The molecule has 0 aromatic heterocycles. The van der Waals surface area contributed by atoms with Crippen LogP contribution in [0.5, 0.6) is 0 Å². The molecule has 0 aliphatic heterocycles. The number of aldehydes is 1. The number of amides is 1. The lowest BCUT2D eigenvalue weighted by atomic mass is 9.98. The molecule has 4 rings (SSSR count). The molecular weight excluding hydrogens is 413 g/mol. The predicted octanol–water partition coefficient (Wildman–Crippen LogP) is 3.57. The Hall–Kier alpha value is -3.55. The van der Waals surface area contributed by atoms with Crippen LogP contribution in [0.4, 0.5) is 9.18 Å². The lowest BCUT2D eigenvalue weighted by molar-refractivity contribution is 0.0183. The van der Waals surface area contributed by atoms with Crippen LogP contribution in [0, 0.1) is 5.82 Å². The van der Waals surface area contributed by atoms with E-state index in [1.807, 2.05) is 48.5 Å². The fraction of sp³-hybridized carbons (Fsp3) is 0.200. The van der Waals surface area contributed by atoms with Gasteiger partial charge in [0.05, 0.1) is 0 Å². The fourth-order valence-electron chi connectivity index (χ4n) is 4.05. The molecule has 2 unspecified atom stereocenters. The maximum absolute atomic E-state index is 13.6. The van der Waals surface area contributed by atoms with E-state index in [0.717, 1.165) is 34.4 Å². The SMILES string of the molecule is O=Cc1cc(F)cc(C(O)C(O)CNC(=O)OCC2c3ccccc3-c3ccccc32)c1. The van der Waals surface area contributed by atoms with Gasteiger partial charge >= 0.3 is 6.09 Å². The summed E-state index contributed by atoms with van der Waals surface area (Å²) in [6, 6.07) is 19.2. The Morgan fingerprint density at radius 1 is 1.03 bits per heavy atom. The summed E-state index contributed by atoms with van der Waals surface area (Å²) in [5.74, 6) is -0.807. The average molecular weight is 435 g/mol. The number of fused-ring (bicyclic) bond motifs is 3. The number of benzene rings is 3. The molecule has 3 aromatic rings. The normalized spacial score (nSPS) is 14.2. The largest absolute Gasteiger partial charge is 0.449 e. The molecule has 1 amide bonds. The van der Waals surface area contributed by atoms with Crippen molar-refractivity contribution in [2.45, 2.75) is 18.1 Å². The van der Waals surface area contributed by atoms with Gasteiger partial charge in [0.25, 0.3) is 0 Å². The van der Waals surface area contributed by atoms with E-state index in [1.165, 1.54) is 6.07 Å². The van der Waals surface area contributed by atoms with Crippen molar-refractivity contribution in [2.24, 2.45) is 0 Å². The number of ether oxygens (including phenoxy) is 1. The molecule has 0 bridgehead atoms. The summed E-state index contributed by atoms with van der Waals surface area (Å²) in [6.45, 7) is -0.199. The summed E-state index contributed by atoms with van der Waals surface area (Å²) in [5.41, 5.74) is 4.45. The second-order valence-corrected chi connectivity index (χ2v) is 7.65. The van der Waals surface area contributed by atoms with Crippen molar-refractivity contribution in [3.05, 3.63) is 94.8 Å². The zero-order valence-corrected chi connectivity index (χ0v) is 17.1. The molecule has 2 atom stereocenters. The number of halogens is 1. The third-order valence-electron chi connectivity index (χ3n) is 5.58. The molecule has 1 aliphatic rings. The lowest BCUT2D eigenvalue weighted by Gasteiger charge is -2.19. The van der Waals surface area contributed by atoms with Crippen LogP contribution in [0.3, 0.4) is 0 Å². The van der Waals surface area contributed by atoms with Crippen LogP contribution in [0.15, 0.2) is 66.7 Å². The van der Waals surface area contributed by atoms with Gasteiger partial charge in [-0.2, -0.15) is 0 Å². The smallest absolute Gasteiger partial charge is 0.407 e. The van der Waals surface area contributed by atoms with Crippen molar-refractivity contribution in [1.29, 1.82) is 0 Å². The van der Waals surface area contributed by atoms with Gasteiger partial charge in [-0.15, -0.1) is 0 Å². The van der Waals surface area contributed by atoms with E-state index in [2.05, 4.69) is 5.32 Å². The van der Waals surface area contributed by atoms with Crippen molar-refractivity contribution in [3.63, 3.8) is 0 Å². The number of hydrogen-bond acceptors (Lipinski definition) is 5. The van der Waals surface area contributed by atoms with Crippen molar-refractivity contribution in [2.75, 3.05) is 13.2 Å². The minimum atomic E-state index is -1.49. The van der Waals surface area contributed by atoms with Crippen molar-refractivity contribution in [3.8, 4) is 11.1 Å². The molecule has 164 valence electrons. The molecule has 0 spiro atoms. The van der Waals surface area contributed by atoms with Crippen LogP contribution in [-0.4, -0.2) is 41.8 Å². The molecule has 1 aliphatic carbocycles. The second-order valence-electron chi connectivity index (χ2n) is 7.65. The van der Waals surface area contributed by atoms with Crippen molar-refractivity contribution < 1.29 is 28.9 Å². The molecule has 7 heteroatoms. The first-order valence-electron chi connectivity index (χ1n) is 10.2. The number of aliphatic hydroxyl groups excluding tert-OH is 2. The zero-order chi connectivity index (χ0) is 22.7. The molecule has 0 heterocycles. The van der Waals surface area contributed by atoms with E-state index >= 15 is 0 Å². The van der Waals surface area contributed by atoms with Gasteiger partial charge in [-0.1, -0.05) is 48.5 Å². The summed E-state index contributed by atoms with van der Waals surface area (Å²) in [7, 11) is 0. The number of hydrogen-bond donors (Lipinski definition) is 3. The first-order valence-corrected chi connectivity index (χ1v) is 10.2. The number of alkyl carbamates (subject to hydrolysis) is 1. The molecule has 0 radical (unpaired) electrons. The van der Waals surface area contributed by atoms with E-state index < -0.39 is 24.1 Å². The highest BCUT2D eigenvalue weighted by molar-refractivity contribution is 5.79. The van der Waals surface area contributed by atoms with E-state index in [1.54, 1.807) is 0 Å². The number of nitrogens with one attached hydrogen (secondary N) is 1. The van der Waals surface area contributed by atoms with E-state index in [0.29, 0.717) is 6.29 Å². The van der Waals surface area contributed by atoms with Crippen molar-refractivity contribution in [1.82, 2.24) is 5.32 Å². The van der Waals surface area contributed by atoms with Crippen molar-refractivity contribution >= 4 is 12.4 Å². The summed E-state index contributed by atoms with van der Waals surface area (Å²) < 4.78 is 19.0. The van der Waals surface area contributed by atoms with Gasteiger partial charge < -0.3 is 20.3 Å². The van der Waals surface area contributed by atoms with Gasteiger partial charge in [0.1, 0.15) is 30.9 Å². The molecule has 3 aromatic carbocycles.